The van der Waals surface area contributed by atoms with Crippen LogP contribution in [0.4, 0.5) is 0 Å². The Morgan fingerprint density at radius 1 is 1.42 bits per heavy atom. The lowest BCUT2D eigenvalue weighted by Crippen LogP contribution is -2.16. The van der Waals surface area contributed by atoms with Gasteiger partial charge in [-0.15, -0.1) is 0 Å². The van der Waals surface area contributed by atoms with E-state index in [0.29, 0.717) is 10.6 Å². The number of rotatable bonds is 1. The highest BCUT2D eigenvalue weighted by atomic mass is 35.5. The van der Waals surface area contributed by atoms with Gasteiger partial charge in [0.05, 0.1) is 0 Å². The number of nitrogens with one attached hydrogen (secondary N) is 1. The van der Waals surface area contributed by atoms with Gasteiger partial charge in [0, 0.05) is 10.6 Å². The van der Waals surface area contributed by atoms with E-state index in [9.17, 15) is 4.79 Å². The third-order valence-electron chi connectivity index (χ3n) is 1.28. The monoisotopic (exact) mass is 180 g/mol. The maximum atomic E-state index is 11.0. The molecule has 1 aromatic rings. The molecule has 0 fully saturated rings. The summed E-state index contributed by atoms with van der Waals surface area (Å²) in [6.45, 7) is 0. The Balaban J connectivity index is 2.84. The van der Waals surface area contributed by atoms with Crippen LogP contribution in [-0.4, -0.2) is 5.91 Å². The quantitative estimate of drug-likeness (QED) is 0.527. The maximum absolute atomic E-state index is 11.0. The van der Waals surface area contributed by atoms with Gasteiger partial charge < -0.3 is 0 Å². The first-order valence-electron chi connectivity index (χ1n) is 3.19. The van der Waals surface area contributed by atoms with Gasteiger partial charge in [0.25, 0.3) is 5.91 Å². The van der Waals surface area contributed by atoms with Crippen molar-refractivity contribution in [1.29, 1.82) is 5.26 Å². The number of halogens is 1. The summed E-state index contributed by atoms with van der Waals surface area (Å²) >= 11 is 5.60. The molecule has 0 aliphatic rings. The minimum atomic E-state index is -0.422. The van der Waals surface area contributed by atoms with Crippen molar-refractivity contribution < 1.29 is 4.79 Å². The lowest BCUT2D eigenvalue weighted by atomic mass is 10.2. The average molecular weight is 181 g/mol. The largest absolute Gasteiger partial charge is 0.268 e. The Hall–Kier alpha value is -1.53. The second kappa shape index (κ2) is 3.74. The number of carbonyl (C=O) groups is 1. The summed E-state index contributed by atoms with van der Waals surface area (Å²) in [5, 5.41) is 10.7. The van der Waals surface area contributed by atoms with Crippen molar-refractivity contribution in [2.45, 2.75) is 0 Å². The van der Waals surface area contributed by atoms with Crippen LogP contribution < -0.4 is 5.32 Å². The van der Waals surface area contributed by atoms with Gasteiger partial charge in [-0.2, -0.15) is 5.26 Å². The Morgan fingerprint density at radius 2 is 2.00 bits per heavy atom. The lowest BCUT2D eigenvalue weighted by Gasteiger charge is -1.96. The Labute approximate surface area is 74.6 Å². The highest BCUT2D eigenvalue weighted by Crippen LogP contribution is 2.08. The first kappa shape index (κ1) is 8.57. The van der Waals surface area contributed by atoms with Crippen molar-refractivity contribution in [3.8, 4) is 6.19 Å². The molecule has 60 valence electrons. The second-order valence-electron chi connectivity index (χ2n) is 2.07. The summed E-state index contributed by atoms with van der Waals surface area (Å²) in [6, 6.07) is 6.28. The molecule has 1 rings (SSSR count). The zero-order valence-electron chi connectivity index (χ0n) is 6.04. The van der Waals surface area contributed by atoms with Crippen LogP contribution in [0.25, 0.3) is 0 Å². The van der Waals surface area contributed by atoms with Gasteiger partial charge in [-0.25, -0.2) is 0 Å². The molecule has 1 amide bonds. The molecule has 1 N–H and O–H groups in total. The molecule has 0 saturated heterocycles. The fourth-order valence-corrected chi connectivity index (χ4v) is 0.850. The molecule has 12 heavy (non-hydrogen) atoms. The van der Waals surface area contributed by atoms with Crippen LogP contribution in [-0.2, 0) is 0 Å². The fraction of sp³-hybridized carbons (Fsp3) is 0. The second-order valence-corrected chi connectivity index (χ2v) is 2.51. The Kier molecular flexibility index (Phi) is 2.67. The third-order valence-corrected chi connectivity index (χ3v) is 1.53. The molecule has 0 unspecified atom stereocenters. The first-order chi connectivity index (χ1) is 5.74. The summed E-state index contributed by atoms with van der Waals surface area (Å²) in [5.41, 5.74) is 0.418. The molecule has 0 radical (unpaired) electrons. The highest BCUT2D eigenvalue weighted by Gasteiger charge is 2.02. The number of nitrogens with zero attached hydrogens (tertiary/aromatic N) is 1. The van der Waals surface area contributed by atoms with E-state index in [1.807, 2.05) is 5.32 Å². The van der Waals surface area contributed by atoms with Gasteiger partial charge in [-0.1, -0.05) is 11.6 Å². The fourth-order valence-electron chi connectivity index (χ4n) is 0.724. The van der Waals surface area contributed by atoms with Crippen LogP contribution in [0.15, 0.2) is 24.3 Å². The zero-order chi connectivity index (χ0) is 8.97. The number of nitriles is 1. The zero-order valence-corrected chi connectivity index (χ0v) is 6.80. The normalized spacial score (nSPS) is 8.67. The van der Waals surface area contributed by atoms with Crippen LogP contribution in [0.5, 0.6) is 0 Å². The lowest BCUT2D eigenvalue weighted by molar-refractivity contribution is 0.0973. The SMILES string of the molecule is N#CNC(=O)c1ccc(Cl)cc1. The predicted molar refractivity (Wildman–Crippen MR) is 44.5 cm³/mol. The molecular weight excluding hydrogens is 176 g/mol. The van der Waals surface area contributed by atoms with E-state index in [1.54, 1.807) is 30.5 Å². The van der Waals surface area contributed by atoms with Crippen molar-refractivity contribution in [2.75, 3.05) is 0 Å². The molecule has 0 aliphatic carbocycles. The van der Waals surface area contributed by atoms with Gasteiger partial charge in [0.15, 0.2) is 6.19 Å². The van der Waals surface area contributed by atoms with Crippen molar-refractivity contribution in [2.24, 2.45) is 0 Å². The molecular formula is C8H5ClN2O. The van der Waals surface area contributed by atoms with Crippen LogP contribution >= 0.6 is 11.6 Å². The van der Waals surface area contributed by atoms with Gasteiger partial charge in [0.1, 0.15) is 0 Å². The van der Waals surface area contributed by atoms with E-state index in [4.69, 9.17) is 16.9 Å². The van der Waals surface area contributed by atoms with Gasteiger partial charge in [0.2, 0.25) is 0 Å². The summed E-state index contributed by atoms with van der Waals surface area (Å²) < 4.78 is 0. The molecule has 3 nitrogen and oxygen atoms in total. The van der Waals surface area contributed by atoms with E-state index in [2.05, 4.69) is 0 Å². The van der Waals surface area contributed by atoms with Crippen molar-refractivity contribution in [3.05, 3.63) is 34.9 Å². The molecule has 4 heteroatoms. The summed E-state index contributed by atoms with van der Waals surface area (Å²) in [7, 11) is 0. The highest BCUT2D eigenvalue weighted by molar-refractivity contribution is 6.30. The number of benzene rings is 1. The van der Waals surface area contributed by atoms with Gasteiger partial charge in [-0.05, 0) is 24.3 Å². The molecule has 0 aromatic heterocycles. The molecule has 0 saturated carbocycles. The predicted octanol–water partition coefficient (Wildman–Crippen LogP) is 1.55. The summed E-state index contributed by atoms with van der Waals surface area (Å²) in [5.74, 6) is -0.422. The van der Waals surface area contributed by atoms with E-state index in [0.717, 1.165) is 0 Å². The molecule has 0 heterocycles. The number of carbonyl (C=O) groups excluding carboxylic acids is 1. The third kappa shape index (κ3) is 1.97. The first-order valence-corrected chi connectivity index (χ1v) is 3.57. The minimum Gasteiger partial charge on any atom is -0.268 e. The number of hydrogen-bond acceptors (Lipinski definition) is 2. The molecule has 1 aromatic carbocycles. The van der Waals surface area contributed by atoms with E-state index < -0.39 is 5.91 Å². The van der Waals surface area contributed by atoms with E-state index in [-0.39, 0.29) is 0 Å². The standard InChI is InChI=1S/C8H5ClN2O/c9-7-3-1-6(2-4-7)8(12)11-5-10/h1-4H,(H,11,12). The Morgan fingerprint density at radius 3 is 2.50 bits per heavy atom. The summed E-state index contributed by atoms with van der Waals surface area (Å²) in [4.78, 5) is 11.0. The number of amides is 1. The van der Waals surface area contributed by atoms with E-state index in [1.165, 1.54) is 0 Å². The smallest absolute Gasteiger partial charge is 0.264 e. The van der Waals surface area contributed by atoms with Crippen molar-refractivity contribution >= 4 is 17.5 Å². The molecule has 0 spiro atoms. The summed E-state index contributed by atoms with van der Waals surface area (Å²) in [6.07, 6.45) is 1.55. The van der Waals surface area contributed by atoms with Crippen molar-refractivity contribution in [1.82, 2.24) is 5.32 Å². The maximum Gasteiger partial charge on any atom is 0.264 e. The van der Waals surface area contributed by atoms with Gasteiger partial charge >= 0.3 is 0 Å². The Bertz CT molecular complexity index is 326. The average Bonchev–Trinajstić information content (AvgIpc) is 2.06. The minimum absolute atomic E-state index is 0.418. The van der Waals surface area contributed by atoms with Crippen LogP contribution in [0.2, 0.25) is 5.02 Å². The molecule has 0 aliphatic heterocycles. The van der Waals surface area contributed by atoms with Crippen LogP contribution in [0.1, 0.15) is 10.4 Å². The van der Waals surface area contributed by atoms with Gasteiger partial charge in [-0.3, -0.25) is 10.1 Å². The topological polar surface area (TPSA) is 52.9 Å². The molecule has 0 bridgehead atoms. The van der Waals surface area contributed by atoms with Crippen molar-refractivity contribution in [3.63, 3.8) is 0 Å². The van der Waals surface area contributed by atoms with E-state index >= 15 is 0 Å². The van der Waals surface area contributed by atoms with Crippen LogP contribution in [0, 0.1) is 11.5 Å². The number of hydrogen-bond donors (Lipinski definition) is 1. The van der Waals surface area contributed by atoms with Crippen LogP contribution in [0.3, 0.4) is 0 Å². The molecule has 0 atom stereocenters.